The van der Waals surface area contributed by atoms with Gasteiger partial charge >= 0.3 is 0 Å². The summed E-state index contributed by atoms with van der Waals surface area (Å²) in [5.74, 6) is 0.398. The summed E-state index contributed by atoms with van der Waals surface area (Å²) in [4.78, 5) is 25.6. The summed E-state index contributed by atoms with van der Waals surface area (Å²) < 4.78 is 1.96. The Balaban J connectivity index is 1.37. The van der Waals surface area contributed by atoms with Gasteiger partial charge in [-0.2, -0.15) is 5.10 Å². The second-order valence-electron chi connectivity index (χ2n) is 9.86. The highest BCUT2D eigenvalue weighted by atomic mass is 16.2. The molecule has 8 heteroatoms. The second kappa shape index (κ2) is 8.51. The van der Waals surface area contributed by atoms with Crippen molar-refractivity contribution >= 4 is 22.8 Å². The van der Waals surface area contributed by atoms with Crippen LogP contribution in [0.15, 0.2) is 37.2 Å². The number of benzene rings is 1. The van der Waals surface area contributed by atoms with E-state index in [1.54, 1.807) is 0 Å². The highest BCUT2D eigenvalue weighted by molar-refractivity contribution is 5.98. The number of fused-ring (bicyclic) bond motifs is 2. The van der Waals surface area contributed by atoms with Crippen LogP contribution >= 0.6 is 0 Å². The number of piperidine rings is 1. The Kier molecular flexibility index (Phi) is 5.32. The van der Waals surface area contributed by atoms with E-state index < -0.39 is 0 Å². The third-order valence-electron chi connectivity index (χ3n) is 7.81. The Bertz CT molecular complexity index is 1260. The Morgan fingerprint density at radius 2 is 1.85 bits per heavy atom. The monoisotopic (exact) mass is 457 g/mol. The van der Waals surface area contributed by atoms with Crippen molar-refractivity contribution < 1.29 is 4.79 Å². The highest BCUT2D eigenvalue weighted by Crippen LogP contribution is 2.37. The van der Waals surface area contributed by atoms with Gasteiger partial charge in [0.15, 0.2) is 5.65 Å². The largest absolute Gasteiger partial charge is 0.383 e. The molecule has 176 valence electrons. The van der Waals surface area contributed by atoms with E-state index in [0.29, 0.717) is 18.4 Å². The van der Waals surface area contributed by atoms with Crippen molar-refractivity contribution in [2.75, 3.05) is 18.8 Å². The average Bonchev–Trinajstić information content (AvgIpc) is 3.61. The van der Waals surface area contributed by atoms with Crippen LogP contribution < -0.4 is 5.73 Å². The van der Waals surface area contributed by atoms with Crippen molar-refractivity contribution in [2.45, 2.75) is 63.7 Å². The first-order chi connectivity index (χ1) is 16.6. The molecule has 8 nitrogen and oxygen atoms in total. The molecule has 2 aliphatic heterocycles. The molecule has 0 unspecified atom stereocenters. The van der Waals surface area contributed by atoms with Gasteiger partial charge in [0.25, 0.3) is 0 Å². The lowest BCUT2D eigenvalue weighted by Gasteiger charge is -2.32. The second-order valence-corrected chi connectivity index (χ2v) is 9.86. The lowest BCUT2D eigenvalue weighted by atomic mass is 10.0. The van der Waals surface area contributed by atoms with Crippen LogP contribution in [0.25, 0.3) is 22.3 Å². The molecular formula is C26H31N7O. The minimum Gasteiger partial charge on any atom is -0.383 e. The molecule has 0 bridgehead atoms. The van der Waals surface area contributed by atoms with Crippen LogP contribution in [0.5, 0.6) is 0 Å². The Morgan fingerprint density at radius 1 is 1.06 bits per heavy atom. The molecule has 1 amide bonds. The number of anilines is 1. The van der Waals surface area contributed by atoms with Gasteiger partial charge in [-0.25, -0.2) is 14.6 Å². The number of likely N-dealkylation sites (tertiary alicyclic amines) is 1. The van der Waals surface area contributed by atoms with Crippen LogP contribution in [0.4, 0.5) is 5.82 Å². The SMILES string of the molecule is C=CC(=O)N1CCC[C@@H](n2nc(-c3ccc4c(c3)CN(C3CCCC3)C4)c3c(N)ncnc32)C1. The van der Waals surface area contributed by atoms with Gasteiger partial charge in [0.1, 0.15) is 17.8 Å². The number of carbonyl (C=O) groups excluding carboxylic acids is 1. The van der Waals surface area contributed by atoms with Crippen LogP contribution in [0.3, 0.4) is 0 Å². The van der Waals surface area contributed by atoms with Gasteiger partial charge in [-0.1, -0.05) is 31.6 Å². The Morgan fingerprint density at radius 3 is 2.68 bits per heavy atom. The maximum absolute atomic E-state index is 12.2. The van der Waals surface area contributed by atoms with Gasteiger partial charge in [0, 0.05) is 37.8 Å². The zero-order valence-corrected chi connectivity index (χ0v) is 19.5. The molecule has 2 aromatic heterocycles. The minimum atomic E-state index is -0.0408. The summed E-state index contributed by atoms with van der Waals surface area (Å²) in [5, 5.41) is 5.83. The van der Waals surface area contributed by atoms with Gasteiger partial charge in [-0.05, 0) is 49.0 Å². The highest BCUT2D eigenvalue weighted by Gasteiger charge is 2.30. The molecule has 0 radical (unpaired) electrons. The van der Waals surface area contributed by atoms with E-state index in [9.17, 15) is 4.79 Å². The number of nitrogens with zero attached hydrogens (tertiary/aromatic N) is 6. The first-order valence-electron chi connectivity index (χ1n) is 12.4. The van der Waals surface area contributed by atoms with Crippen LogP contribution in [0.2, 0.25) is 0 Å². The number of aromatic nitrogens is 4. The fourth-order valence-corrected chi connectivity index (χ4v) is 6.03. The molecule has 1 atom stereocenters. The third-order valence-corrected chi connectivity index (χ3v) is 7.81. The number of rotatable bonds is 4. The van der Waals surface area contributed by atoms with Crippen LogP contribution in [-0.2, 0) is 17.9 Å². The fourth-order valence-electron chi connectivity index (χ4n) is 6.03. The minimum absolute atomic E-state index is 0.0375. The molecule has 3 aromatic rings. The van der Waals surface area contributed by atoms with Gasteiger partial charge in [-0.15, -0.1) is 0 Å². The third kappa shape index (κ3) is 3.57. The predicted molar refractivity (Wildman–Crippen MR) is 132 cm³/mol. The van der Waals surface area contributed by atoms with E-state index in [-0.39, 0.29) is 11.9 Å². The van der Waals surface area contributed by atoms with Crippen molar-refractivity contribution in [3.63, 3.8) is 0 Å². The van der Waals surface area contributed by atoms with E-state index in [1.165, 1.54) is 49.2 Å². The fraction of sp³-hybridized carbons (Fsp3) is 0.462. The number of carbonyl (C=O) groups is 1. The van der Waals surface area contributed by atoms with Gasteiger partial charge < -0.3 is 10.6 Å². The van der Waals surface area contributed by atoms with Gasteiger partial charge in [0.05, 0.1) is 11.4 Å². The van der Waals surface area contributed by atoms with E-state index >= 15 is 0 Å². The normalized spacial score (nSPS) is 21.3. The molecule has 1 aromatic carbocycles. The molecule has 1 aliphatic carbocycles. The molecule has 0 spiro atoms. The predicted octanol–water partition coefficient (Wildman–Crippen LogP) is 3.68. The number of amides is 1. The van der Waals surface area contributed by atoms with Crippen molar-refractivity contribution in [1.82, 2.24) is 29.5 Å². The summed E-state index contributed by atoms with van der Waals surface area (Å²) in [7, 11) is 0. The number of nitrogen functional groups attached to an aromatic ring is 1. The number of hydrogen-bond acceptors (Lipinski definition) is 6. The smallest absolute Gasteiger partial charge is 0.246 e. The zero-order chi connectivity index (χ0) is 23.2. The topological polar surface area (TPSA) is 93.2 Å². The molecule has 1 saturated carbocycles. The maximum Gasteiger partial charge on any atom is 0.246 e. The first-order valence-corrected chi connectivity index (χ1v) is 12.4. The van der Waals surface area contributed by atoms with Crippen molar-refractivity contribution in [2.24, 2.45) is 0 Å². The molecule has 34 heavy (non-hydrogen) atoms. The quantitative estimate of drug-likeness (QED) is 0.601. The van der Waals surface area contributed by atoms with E-state index in [0.717, 1.165) is 54.8 Å². The number of hydrogen-bond donors (Lipinski definition) is 1. The van der Waals surface area contributed by atoms with Gasteiger partial charge in [-0.3, -0.25) is 9.69 Å². The lowest BCUT2D eigenvalue weighted by Crippen LogP contribution is -2.40. The standard InChI is InChI=1S/C26H31N7O/c1-2-22(34)31-11-5-8-21(15-31)33-26-23(25(27)28-16-29-26)24(30-33)17-9-10-18-13-32(14-19(18)12-17)20-6-3-4-7-20/h2,9-10,12,16,20-21H,1,3-8,11,13-15H2,(H2,27,28,29)/t21-/m1/s1. The zero-order valence-electron chi connectivity index (χ0n) is 19.5. The molecular weight excluding hydrogens is 426 g/mol. The van der Waals surface area contributed by atoms with Crippen molar-refractivity contribution in [3.05, 3.63) is 48.3 Å². The van der Waals surface area contributed by atoms with Crippen LogP contribution in [0.1, 0.15) is 55.7 Å². The summed E-state index contributed by atoms with van der Waals surface area (Å²) in [5.41, 5.74) is 11.8. The molecule has 2 fully saturated rings. The van der Waals surface area contributed by atoms with E-state index in [4.69, 9.17) is 10.8 Å². The van der Waals surface area contributed by atoms with Gasteiger partial charge in [0.2, 0.25) is 5.91 Å². The average molecular weight is 458 g/mol. The molecule has 4 heterocycles. The number of nitrogens with two attached hydrogens (primary N) is 1. The van der Waals surface area contributed by atoms with Crippen LogP contribution in [-0.4, -0.2) is 54.6 Å². The molecule has 3 aliphatic rings. The lowest BCUT2D eigenvalue weighted by molar-refractivity contribution is -0.127. The van der Waals surface area contributed by atoms with Crippen molar-refractivity contribution in [3.8, 4) is 11.3 Å². The molecule has 1 saturated heterocycles. The summed E-state index contributed by atoms with van der Waals surface area (Å²) >= 11 is 0. The Hall–Kier alpha value is -3.26. The van der Waals surface area contributed by atoms with E-state index in [1.807, 2.05) is 9.58 Å². The summed E-state index contributed by atoms with van der Waals surface area (Å²) in [6.07, 6.45) is 10.1. The summed E-state index contributed by atoms with van der Waals surface area (Å²) in [6.45, 7) is 7.01. The van der Waals surface area contributed by atoms with E-state index in [2.05, 4.69) is 39.6 Å². The van der Waals surface area contributed by atoms with Crippen LogP contribution in [0, 0.1) is 0 Å². The van der Waals surface area contributed by atoms with Crippen molar-refractivity contribution in [1.29, 1.82) is 0 Å². The molecule has 2 N–H and O–H groups in total. The maximum atomic E-state index is 12.2. The first kappa shape index (κ1) is 21.3. The Labute approximate surface area is 199 Å². The summed E-state index contributed by atoms with van der Waals surface area (Å²) in [6, 6.07) is 7.43. The molecule has 6 rings (SSSR count).